The predicted molar refractivity (Wildman–Crippen MR) is 60.9 cm³/mol. The van der Waals surface area contributed by atoms with Crippen LogP contribution in [0.25, 0.3) is 17.0 Å². The number of hydrogen-bond acceptors (Lipinski definition) is 0. The van der Waals surface area contributed by atoms with Crippen LogP contribution in [0.3, 0.4) is 0 Å². The fourth-order valence-corrected chi connectivity index (χ4v) is 1.67. The van der Waals surface area contributed by atoms with Crippen molar-refractivity contribution in [2.75, 3.05) is 0 Å². The first-order valence-electron chi connectivity index (χ1n) is 4.50. The van der Waals surface area contributed by atoms with E-state index >= 15 is 0 Å². The fourth-order valence-electron chi connectivity index (χ4n) is 1.67. The molecule has 0 amide bonds. The second-order valence-corrected chi connectivity index (χ2v) is 3.14. The lowest BCUT2D eigenvalue weighted by molar-refractivity contribution is 0.886. The Bertz CT molecular complexity index is 512. The first-order chi connectivity index (χ1) is 6.86. The number of benzene rings is 1. The van der Waals surface area contributed by atoms with Crippen LogP contribution < -0.4 is 0 Å². The van der Waals surface area contributed by atoms with Crippen LogP contribution in [0.15, 0.2) is 37.0 Å². The molecule has 2 rings (SSSR count). The molecule has 1 aromatic carbocycles. The number of nitrogens with zero attached hydrogens (tertiary/aromatic N) is 1. The lowest BCUT2D eigenvalue weighted by Gasteiger charge is -1.97. The van der Waals surface area contributed by atoms with Crippen molar-refractivity contribution >= 4 is 17.0 Å². The third-order valence-electron chi connectivity index (χ3n) is 2.30. The highest BCUT2D eigenvalue weighted by atomic mass is 14.9. The van der Waals surface area contributed by atoms with Crippen LogP contribution in [-0.2, 0) is 6.54 Å². The second kappa shape index (κ2) is 3.43. The molecule has 0 aliphatic rings. The third-order valence-corrected chi connectivity index (χ3v) is 2.30. The van der Waals surface area contributed by atoms with E-state index in [-0.39, 0.29) is 0 Å². The zero-order valence-corrected chi connectivity index (χ0v) is 7.90. The van der Waals surface area contributed by atoms with E-state index in [9.17, 15) is 0 Å². The van der Waals surface area contributed by atoms with E-state index in [1.807, 2.05) is 24.4 Å². The average molecular weight is 181 g/mol. The second-order valence-electron chi connectivity index (χ2n) is 3.14. The predicted octanol–water partition coefficient (Wildman–Crippen LogP) is 2.92. The summed E-state index contributed by atoms with van der Waals surface area (Å²) in [6, 6.07) is 8.19. The van der Waals surface area contributed by atoms with E-state index in [0.29, 0.717) is 6.54 Å². The summed E-state index contributed by atoms with van der Waals surface area (Å²) in [5.41, 5.74) is 2.30. The lowest BCUT2D eigenvalue weighted by Crippen LogP contribution is -1.91. The zero-order valence-electron chi connectivity index (χ0n) is 7.90. The molecule has 1 heteroatoms. The van der Waals surface area contributed by atoms with Crippen LogP contribution in [0, 0.1) is 12.3 Å². The molecule has 0 aliphatic carbocycles. The number of hydrogen-bond donors (Lipinski definition) is 0. The monoisotopic (exact) mass is 181 g/mol. The minimum atomic E-state index is 0.606. The zero-order chi connectivity index (χ0) is 9.97. The molecule has 0 radical (unpaired) electrons. The molecule has 0 aliphatic heterocycles. The Hall–Kier alpha value is -1.94. The number of para-hydroxylation sites is 1. The maximum atomic E-state index is 5.31. The van der Waals surface area contributed by atoms with E-state index in [1.54, 1.807) is 0 Å². The van der Waals surface area contributed by atoms with E-state index in [4.69, 9.17) is 6.42 Å². The van der Waals surface area contributed by atoms with Gasteiger partial charge in [0.2, 0.25) is 0 Å². The summed E-state index contributed by atoms with van der Waals surface area (Å²) in [5, 5.41) is 1.21. The van der Waals surface area contributed by atoms with Crippen molar-refractivity contribution in [3.8, 4) is 12.3 Å². The summed E-state index contributed by atoms with van der Waals surface area (Å²) < 4.78 is 2.06. The first-order valence-corrected chi connectivity index (χ1v) is 4.50. The van der Waals surface area contributed by atoms with Gasteiger partial charge in [0.15, 0.2) is 0 Å². The van der Waals surface area contributed by atoms with Gasteiger partial charge in [-0.1, -0.05) is 36.8 Å². The molecule has 0 spiro atoms. The Morgan fingerprint density at radius 1 is 1.43 bits per heavy atom. The smallest absolute Gasteiger partial charge is 0.0835 e. The molecule has 1 aromatic heterocycles. The molecule has 0 N–H and O–H groups in total. The summed E-state index contributed by atoms with van der Waals surface area (Å²) in [4.78, 5) is 0. The maximum Gasteiger partial charge on any atom is 0.0835 e. The van der Waals surface area contributed by atoms with Gasteiger partial charge < -0.3 is 4.57 Å². The topological polar surface area (TPSA) is 4.93 Å². The van der Waals surface area contributed by atoms with Crippen molar-refractivity contribution in [2.45, 2.75) is 6.54 Å². The van der Waals surface area contributed by atoms with Crippen molar-refractivity contribution < 1.29 is 0 Å². The highest BCUT2D eigenvalue weighted by Crippen LogP contribution is 2.21. The Morgan fingerprint density at radius 2 is 2.21 bits per heavy atom. The van der Waals surface area contributed by atoms with Gasteiger partial charge in [-0.15, -0.1) is 6.42 Å². The normalized spacial score (nSPS) is 9.93. The quantitative estimate of drug-likeness (QED) is 0.628. The van der Waals surface area contributed by atoms with Gasteiger partial charge in [0.1, 0.15) is 0 Å². The van der Waals surface area contributed by atoms with Crippen LogP contribution >= 0.6 is 0 Å². The summed E-state index contributed by atoms with van der Waals surface area (Å²) in [6.45, 7) is 4.40. The van der Waals surface area contributed by atoms with E-state index < -0.39 is 0 Å². The number of terminal acetylenes is 1. The number of aromatic nitrogens is 1. The van der Waals surface area contributed by atoms with Crippen molar-refractivity contribution in [1.82, 2.24) is 4.57 Å². The van der Waals surface area contributed by atoms with Crippen LogP contribution in [0.5, 0.6) is 0 Å². The molecule has 0 atom stereocenters. The maximum absolute atomic E-state index is 5.31. The van der Waals surface area contributed by atoms with Crippen molar-refractivity contribution in [2.24, 2.45) is 0 Å². The van der Waals surface area contributed by atoms with Crippen LogP contribution in [0.4, 0.5) is 0 Å². The molecule has 0 fully saturated rings. The fraction of sp³-hybridized carbons (Fsp3) is 0.0769. The minimum absolute atomic E-state index is 0.606. The highest BCUT2D eigenvalue weighted by Gasteiger charge is 2.03. The molecule has 2 aromatic rings. The van der Waals surface area contributed by atoms with Gasteiger partial charge in [-0.25, -0.2) is 0 Å². The Kier molecular flexibility index (Phi) is 2.12. The van der Waals surface area contributed by atoms with Gasteiger partial charge in [0.05, 0.1) is 6.54 Å². The Labute approximate surface area is 83.7 Å². The molecule has 68 valence electrons. The molecule has 0 saturated carbocycles. The molecule has 0 bridgehead atoms. The molecule has 14 heavy (non-hydrogen) atoms. The third kappa shape index (κ3) is 1.22. The summed E-state index contributed by atoms with van der Waals surface area (Å²) in [5.74, 6) is 2.64. The standard InChI is InChI=1S/C13H11N/c1-3-9-14-10-11(4-2)12-7-5-6-8-13(12)14/h1,4-8,10H,2,9H2. The van der Waals surface area contributed by atoms with Crippen LogP contribution in [-0.4, -0.2) is 4.57 Å². The molecule has 0 saturated heterocycles. The lowest BCUT2D eigenvalue weighted by atomic mass is 10.2. The van der Waals surface area contributed by atoms with Crippen molar-refractivity contribution in [3.63, 3.8) is 0 Å². The van der Waals surface area contributed by atoms with Crippen molar-refractivity contribution in [1.29, 1.82) is 0 Å². The molecular formula is C13H11N. The summed E-state index contributed by atoms with van der Waals surface area (Å²) >= 11 is 0. The van der Waals surface area contributed by atoms with E-state index in [1.165, 1.54) is 10.9 Å². The average Bonchev–Trinajstić information content (AvgIpc) is 2.58. The van der Waals surface area contributed by atoms with E-state index in [2.05, 4.69) is 29.2 Å². The van der Waals surface area contributed by atoms with Gasteiger partial charge in [-0.05, 0) is 11.6 Å². The summed E-state index contributed by atoms with van der Waals surface area (Å²) in [7, 11) is 0. The minimum Gasteiger partial charge on any atom is -0.335 e. The Balaban J connectivity index is 2.74. The molecule has 0 unspecified atom stereocenters. The Morgan fingerprint density at radius 3 is 2.93 bits per heavy atom. The van der Waals surface area contributed by atoms with Gasteiger partial charge in [-0.2, -0.15) is 0 Å². The SMILES string of the molecule is C#CCn1cc(C=C)c2ccccc21. The molecular weight excluding hydrogens is 170 g/mol. The molecule has 1 nitrogen and oxygen atoms in total. The number of fused-ring (bicyclic) bond motifs is 1. The number of rotatable bonds is 2. The summed E-state index contributed by atoms with van der Waals surface area (Å²) in [6.07, 6.45) is 9.20. The van der Waals surface area contributed by atoms with Gasteiger partial charge in [0, 0.05) is 17.1 Å². The highest BCUT2D eigenvalue weighted by molar-refractivity contribution is 5.89. The van der Waals surface area contributed by atoms with Crippen molar-refractivity contribution in [3.05, 3.63) is 42.6 Å². The first kappa shape index (κ1) is 8.65. The van der Waals surface area contributed by atoms with Crippen LogP contribution in [0.1, 0.15) is 5.56 Å². The van der Waals surface area contributed by atoms with Crippen LogP contribution in [0.2, 0.25) is 0 Å². The van der Waals surface area contributed by atoms with Gasteiger partial charge in [0.25, 0.3) is 0 Å². The van der Waals surface area contributed by atoms with Gasteiger partial charge >= 0.3 is 0 Å². The van der Waals surface area contributed by atoms with Gasteiger partial charge in [-0.3, -0.25) is 0 Å². The van der Waals surface area contributed by atoms with E-state index in [0.717, 1.165) is 5.56 Å². The molecule has 1 heterocycles. The largest absolute Gasteiger partial charge is 0.335 e.